The van der Waals surface area contributed by atoms with Gasteiger partial charge in [0.25, 0.3) is 0 Å². The zero-order chi connectivity index (χ0) is 22.1. The van der Waals surface area contributed by atoms with Crippen molar-refractivity contribution in [2.45, 2.75) is 104 Å². The largest absolute Gasteiger partial charge is 0.547 e. The summed E-state index contributed by atoms with van der Waals surface area (Å²) in [6, 6.07) is 0. The number of rotatable bonds is 4. The van der Waals surface area contributed by atoms with Gasteiger partial charge in [0.05, 0.1) is 5.76 Å². The molecule has 3 unspecified atom stereocenters. The van der Waals surface area contributed by atoms with Gasteiger partial charge in [0.2, 0.25) is 8.32 Å². The third kappa shape index (κ3) is 3.92. The van der Waals surface area contributed by atoms with Gasteiger partial charge in [-0.1, -0.05) is 13.8 Å². The molecule has 0 aromatic carbocycles. The van der Waals surface area contributed by atoms with Crippen molar-refractivity contribution in [3.63, 3.8) is 0 Å². The minimum Gasteiger partial charge on any atom is -0.547 e. The molecular formula is C25H44O3Si2. The molecule has 7 atom stereocenters. The standard InChI is InChI=1S/C25H44O3Si2/c1-24-13-11-17(27-29(3,4)5)15-21(24)22(26)16-18-19-9-10-23(28-30(6,7)8)25(19,2)14-12-20(18)24/h10,17-21H,9,11-16H2,1-8H3/t17-,18?,19?,20?,21+,24+,25-/m0/s1. The van der Waals surface area contributed by atoms with Crippen molar-refractivity contribution in [1.82, 2.24) is 0 Å². The maximum absolute atomic E-state index is 13.5. The van der Waals surface area contributed by atoms with E-state index in [4.69, 9.17) is 8.85 Å². The van der Waals surface area contributed by atoms with Crippen molar-refractivity contribution in [2.24, 2.45) is 34.5 Å². The van der Waals surface area contributed by atoms with Crippen LogP contribution in [0.25, 0.3) is 0 Å². The van der Waals surface area contributed by atoms with Crippen LogP contribution < -0.4 is 0 Å². The number of allylic oxidation sites excluding steroid dienone is 2. The Hall–Kier alpha value is -0.396. The highest BCUT2D eigenvalue weighted by Crippen LogP contribution is 2.66. The van der Waals surface area contributed by atoms with Gasteiger partial charge in [-0.2, -0.15) is 0 Å². The number of hydrogen-bond acceptors (Lipinski definition) is 3. The zero-order valence-electron chi connectivity index (χ0n) is 20.6. The highest BCUT2D eigenvalue weighted by Gasteiger charge is 2.61. The lowest BCUT2D eigenvalue weighted by Crippen LogP contribution is -2.57. The fourth-order valence-electron chi connectivity index (χ4n) is 7.63. The van der Waals surface area contributed by atoms with E-state index in [1.54, 1.807) is 0 Å². The summed E-state index contributed by atoms with van der Waals surface area (Å²) in [7, 11) is -3.18. The molecule has 0 aromatic rings. The summed E-state index contributed by atoms with van der Waals surface area (Å²) in [5.41, 5.74) is 0.312. The Morgan fingerprint density at radius 1 is 0.967 bits per heavy atom. The fourth-order valence-corrected chi connectivity index (χ4v) is 9.82. The lowest BCUT2D eigenvalue weighted by molar-refractivity contribution is -0.157. The van der Waals surface area contributed by atoms with E-state index in [0.717, 1.165) is 32.1 Å². The van der Waals surface area contributed by atoms with Crippen LogP contribution in [0.1, 0.15) is 58.8 Å². The summed E-state index contributed by atoms with van der Waals surface area (Å²) >= 11 is 0. The molecule has 5 heteroatoms. The van der Waals surface area contributed by atoms with Crippen molar-refractivity contribution < 1.29 is 13.6 Å². The summed E-state index contributed by atoms with van der Waals surface area (Å²) in [4.78, 5) is 13.5. The first-order valence-corrected chi connectivity index (χ1v) is 19.1. The molecule has 170 valence electrons. The van der Waals surface area contributed by atoms with Gasteiger partial charge in [0.1, 0.15) is 5.78 Å². The second kappa shape index (κ2) is 7.31. The van der Waals surface area contributed by atoms with Crippen LogP contribution >= 0.6 is 0 Å². The van der Waals surface area contributed by atoms with Gasteiger partial charge in [-0.15, -0.1) is 0 Å². The second-order valence-corrected chi connectivity index (χ2v) is 22.1. The summed E-state index contributed by atoms with van der Waals surface area (Å²) in [6.45, 7) is 18.6. The number of ketones is 1. The molecule has 3 saturated carbocycles. The molecule has 30 heavy (non-hydrogen) atoms. The van der Waals surface area contributed by atoms with E-state index in [1.165, 1.54) is 18.6 Å². The van der Waals surface area contributed by atoms with E-state index in [0.29, 0.717) is 29.6 Å². The predicted octanol–water partition coefficient (Wildman–Crippen LogP) is 6.77. The van der Waals surface area contributed by atoms with Crippen LogP contribution in [-0.2, 0) is 13.6 Å². The number of carbonyl (C=O) groups excluding carboxylic acids is 1. The average molecular weight is 449 g/mol. The molecule has 0 bridgehead atoms. The van der Waals surface area contributed by atoms with E-state index in [9.17, 15) is 4.79 Å². The molecule has 0 aromatic heterocycles. The van der Waals surface area contributed by atoms with Crippen molar-refractivity contribution >= 4 is 22.4 Å². The van der Waals surface area contributed by atoms with Crippen molar-refractivity contribution in [2.75, 3.05) is 0 Å². The van der Waals surface area contributed by atoms with Crippen molar-refractivity contribution in [1.29, 1.82) is 0 Å². The number of carbonyl (C=O) groups is 1. The molecule has 3 fully saturated rings. The molecule has 4 rings (SSSR count). The molecule has 4 aliphatic rings. The maximum Gasteiger partial charge on any atom is 0.241 e. The minimum atomic E-state index is -1.62. The molecular weight excluding hydrogens is 404 g/mol. The van der Waals surface area contributed by atoms with Crippen LogP contribution in [0.2, 0.25) is 39.3 Å². The average Bonchev–Trinajstić information content (AvgIpc) is 2.90. The lowest BCUT2D eigenvalue weighted by atomic mass is 9.45. The van der Waals surface area contributed by atoms with Crippen LogP contribution in [0, 0.1) is 34.5 Å². The van der Waals surface area contributed by atoms with E-state index in [-0.39, 0.29) is 16.7 Å². The molecule has 0 saturated heterocycles. The van der Waals surface area contributed by atoms with Gasteiger partial charge in [0.15, 0.2) is 8.32 Å². The number of fused-ring (bicyclic) bond motifs is 5. The maximum atomic E-state index is 13.5. The SMILES string of the molecule is C[C@]12CCC3C(CC(=O)[C@H]4C[C@@H](O[Si](C)(C)C)CC[C@]34C)C1CC=C2O[Si](C)(C)C. The van der Waals surface area contributed by atoms with Crippen LogP contribution in [-0.4, -0.2) is 28.5 Å². The summed E-state index contributed by atoms with van der Waals surface area (Å²) in [5, 5.41) is 0. The highest BCUT2D eigenvalue weighted by atomic mass is 28.4. The first-order valence-electron chi connectivity index (χ1n) is 12.3. The number of hydrogen-bond donors (Lipinski definition) is 0. The fraction of sp³-hybridized carbons (Fsp3) is 0.880. The van der Waals surface area contributed by atoms with Gasteiger partial charge in [0, 0.05) is 23.9 Å². The van der Waals surface area contributed by atoms with Gasteiger partial charge >= 0.3 is 0 Å². The summed E-state index contributed by atoms with van der Waals surface area (Å²) < 4.78 is 13.0. The monoisotopic (exact) mass is 448 g/mol. The Kier molecular flexibility index (Phi) is 5.55. The van der Waals surface area contributed by atoms with Crippen molar-refractivity contribution in [3.05, 3.63) is 11.8 Å². The third-order valence-electron chi connectivity index (χ3n) is 8.86. The molecule has 0 amide bonds. The van der Waals surface area contributed by atoms with E-state index < -0.39 is 16.6 Å². The Balaban J connectivity index is 1.54. The lowest BCUT2D eigenvalue weighted by Gasteiger charge is -2.60. The van der Waals surface area contributed by atoms with Gasteiger partial charge < -0.3 is 8.85 Å². The third-order valence-corrected chi connectivity index (χ3v) is 10.7. The van der Waals surface area contributed by atoms with E-state index >= 15 is 0 Å². The Bertz CT molecular complexity index is 734. The normalized spacial score (nSPS) is 44.1. The second-order valence-electron chi connectivity index (χ2n) is 13.2. The van der Waals surface area contributed by atoms with Gasteiger partial charge in [-0.25, -0.2) is 0 Å². The van der Waals surface area contributed by atoms with Gasteiger partial charge in [-0.3, -0.25) is 4.79 Å². The smallest absolute Gasteiger partial charge is 0.241 e. The summed E-state index contributed by atoms with van der Waals surface area (Å²) in [6.07, 6.45) is 10.3. The molecule has 0 N–H and O–H groups in total. The molecule has 3 nitrogen and oxygen atoms in total. The quantitative estimate of drug-likeness (QED) is 0.445. The first-order chi connectivity index (χ1) is 13.7. The highest BCUT2D eigenvalue weighted by molar-refractivity contribution is 6.70. The van der Waals surface area contributed by atoms with E-state index in [2.05, 4.69) is 59.2 Å². The summed E-state index contributed by atoms with van der Waals surface area (Å²) in [5.74, 6) is 3.81. The molecule has 0 aliphatic heterocycles. The molecule has 0 spiro atoms. The van der Waals surface area contributed by atoms with Crippen LogP contribution in [0.5, 0.6) is 0 Å². The Labute approximate surface area is 186 Å². The zero-order valence-corrected chi connectivity index (χ0v) is 22.6. The Morgan fingerprint density at radius 3 is 2.30 bits per heavy atom. The Morgan fingerprint density at radius 2 is 1.67 bits per heavy atom. The van der Waals surface area contributed by atoms with Crippen LogP contribution in [0.3, 0.4) is 0 Å². The molecule has 0 heterocycles. The van der Waals surface area contributed by atoms with Gasteiger partial charge in [-0.05, 0) is 107 Å². The number of Topliss-reactive ketones (excluding diaryl/α,β-unsaturated/α-hetero) is 1. The topological polar surface area (TPSA) is 35.5 Å². The van der Waals surface area contributed by atoms with Crippen LogP contribution in [0.15, 0.2) is 11.8 Å². The minimum absolute atomic E-state index is 0.142. The molecule has 0 radical (unpaired) electrons. The molecule has 4 aliphatic carbocycles. The predicted molar refractivity (Wildman–Crippen MR) is 128 cm³/mol. The van der Waals surface area contributed by atoms with Crippen molar-refractivity contribution in [3.8, 4) is 0 Å². The van der Waals surface area contributed by atoms with E-state index in [1.807, 2.05) is 0 Å². The van der Waals surface area contributed by atoms with Crippen LogP contribution in [0.4, 0.5) is 0 Å². The first kappa shape index (κ1) is 22.8.